The zero-order chi connectivity index (χ0) is 21.8. The first-order chi connectivity index (χ1) is 14.3. The second-order valence-electron chi connectivity index (χ2n) is 6.15. The molecule has 0 unspecified atom stereocenters. The first-order valence-corrected chi connectivity index (χ1v) is 10.5. The summed E-state index contributed by atoms with van der Waals surface area (Å²) in [6, 6.07) is 9.91. The molecule has 6 nitrogen and oxygen atoms in total. The summed E-state index contributed by atoms with van der Waals surface area (Å²) in [7, 11) is 3.14. The minimum absolute atomic E-state index is 0.208. The summed E-state index contributed by atoms with van der Waals surface area (Å²) in [5.41, 5.74) is 1.64. The van der Waals surface area contributed by atoms with Crippen LogP contribution in [0.3, 0.4) is 0 Å². The number of rotatable bonds is 5. The summed E-state index contributed by atoms with van der Waals surface area (Å²) in [5, 5.41) is 1.30. The number of nitrogens with zero attached hydrogens (tertiary/aromatic N) is 2. The largest absolute Gasteiger partial charge is 0.495 e. The molecule has 0 bridgehead atoms. The summed E-state index contributed by atoms with van der Waals surface area (Å²) < 4.78 is 10.3. The van der Waals surface area contributed by atoms with Gasteiger partial charge in [-0.05, 0) is 61.2 Å². The molecule has 0 atom stereocenters. The number of carbonyl (C=O) groups is 2. The molecular weight excluding hydrogens is 447 g/mol. The molecule has 0 radical (unpaired) electrons. The van der Waals surface area contributed by atoms with Gasteiger partial charge in [-0.25, -0.2) is 9.79 Å². The number of hydrogen-bond donors (Lipinski definition) is 0. The topological polar surface area (TPSA) is 68.2 Å². The Morgan fingerprint density at radius 1 is 1.23 bits per heavy atom. The first kappa shape index (κ1) is 22.2. The van der Waals surface area contributed by atoms with Crippen LogP contribution in [0.5, 0.6) is 5.75 Å². The summed E-state index contributed by atoms with van der Waals surface area (Å²) in [5.74, 6) is -0.164. The summed E-state index contributed by atoms with van der Waals surface area (Å²) >= 11 is 13.5. The number of halogens is 2. The van der Waals surface area contributed by atoms with Gasteiger partial charge in [-0.2, -0.15) is 0 Å². The Morgan fingerprint density at radius 2 is 1.93 bits per heavy atom. The number of benzene rings is 2. The number of ether oxygens (including phenoxy) is 2. The number of likely N-dealkylation sites (N-methyl/N-ethyl adjacent to an activating group) is 1. The molecular formula is C21H18Cl2N2O4S. The van der Waals surface area contributed by atoms with E-state index in [0.717, 1.165) is 0 Å². The number of amidine groups is 1. The lowest BCUT2D eigenvalue weighted by Gasteiger charge is -2.08. The van der Waals surface area contributed by atoms with Gasteiger partial charge in [0.2, 0.25) is 0 Å². The number of methoxy groups -OCH3 is 1. The fourth-order valence-electron chi connectivity index (χ4n) is 2.69. The van der Waals surface area contributed by atoms with E-state index in [4.69, 9.17) is 32.7 Å². The fraction of sp³-hybridized carbons (Fsp3) is 0.190. The number of esters is 1. The molecule has 156 valence electrons. The van der Waals surface area contributed by atoms with Crippen molar-refractivity contribution in [2.75, 3.05) is 20.8 Å². The van der Waals surface area contributed by atoms with Crippen LogP contribution < -0.4 is 4.74 Å². The van der Waals surface area contributed by atoms with Gasteiger partial charge < -0.3 is 9.47 Å². The zero-order valence-corrected chi connectivity index (χ0v) is 18.8. The highest BCUT2D eigenvalue weighted by molar-refractivity contribution is 8.18. The molecule has 1 fully saturated rings. The number of thioether (sulfide) groups is 1. The van der Waals surface area contributed by atoms with Crippen molar-refractivity contribution >= 4 is 63.8 Å². The Morgan fingerprint density at radius 3 is 2.57 bits per heavy atom. The number of amides is 1. The number of aliphatic imine (C=N–C) groups is 1. The van der Waals surface area contributed by atoms with E-state index in [2.05, 4.69) is 4.99 Å². The van der Waals surface area contributed by atoms with Crippen molar-refractivity contribution in [2.24, 2.45) is 4.99 Å². The van der Waals surface area contributed by atoms with Gasteiger partial charge in [0.25, 0.3) is 5.91 Å². The first-order valence-electron chi connectivity index (χ1n) is 8.90. The molecule has 0 aromatic heterocycles. The molecule has 30 heavy (non-hydrogen) atoms. The van der Waals surface area contributed by atoms with Crippen molar-refractivity contribution in [3.63, 3.8) is 0 Å². The van der Waals surface area contributed by atoms with E-state index in [1.54, 1.807) is 56.4 Å². The second-order valence-corrected chi connectivity index (χ2v) is 8.00. The molecule has 0 saturated carbocycles. The molecule has 0 spiro atoms. The highest BCUT2D eigenvalue weighted by Crippen LogP contribution is 2.38. The smallest absolute Gasteiger partial charge is 0.338 e. The summed E-state index contributed by atoms with van der Waals surface area (Å²) in [4.78, 5) is 30.9. The van der Waals surface area contributed by atoms with Crippen LogP contribution in [-0.2, 0) is 9.53 Å². The molecule has 0 N–H and O–H groups in total. The van der Waals surface area contributed by atoms with Crippen LogP contribution in [0.25, 0.3) is 6.08 Å². The third kappa shape index (κ3) is 4.80. The van der Waals surface area contributed by atoms with Crippen molar-refractivity contribution in [1.82, 2.24) is 4.90 Å². The van der Waals surface area contributed by atoms with Crippen LogP contribution in [0.2, 0.25) is 10.0 Å². The van der Waals surface area contributed by atoms with E-state index in [0.29, 0.717) is 49.3 Å². The summed E-state index contributed by atoms with van der Waals surface area (Å²) in [6.45, 7) is 2.06. The van der Waals surface area contributed by atoms with Crippen LogP contribution in [-0.4, -0.2) is 42.7 Å². The van der Waals surface area contributed by atoms with E-state index >= 15 is 0 Å². The summed E-state index contributed by atoms with van der Waals surface area (Å²) in [6.07, 6.45) is 1.67. The van der Waals surface area contributed by atoms with Crippen molar-refractivity contribution < 1.29 is 19.1 Å². The third-order valence-corrected chi connectivity index (χ3v) is 5.69. The standard InChI is InChI=1S/C21H18Cl2N2O4S/c1-4-29-20(27)12-5-7-15(8-6-12)24-21-25(2)19(26)17(30-21)10-13-9-14(22)11-16(23)18(13)28-3/h5-11H,4H2,1-3H3. The Kier molecular flexibility index (Phi) is 7.07. The highest BCUT2D eigenvalue weighted by atomic mass is 35.5. The van der Waals surface area contributed by atoms with E-state index < -0.39 is 5.97 Å². The van der Waals surface area contributed by atoms with E-state index in [1.807, 2.05) is 0 Å². The Labute approximate surface area is 188 Å². The van der Waals surface area contributed by atoms with Crippen molar-refractivity contribution in [1.29, 1.82) is 0 Å². The minimum atomic E-state index is -0.390. The quantitative estimate of drug-likeness (QED) is 0.436. The maximum absolute atomic E-state index is 12.7. The normalized spacial score (nSPS) is 16.4. The Hall–Kier alpha value is -2.48. The van der Waals surface area contributed by atoms with Gasteiger partial charge >= 0.3 is 5.97 Å². The van der Waals surface area contributed by atoms with Crippen LogP contribution in [0.15, 0.2) is 46.3 Å². The lowest BCUT2D eigenvalue weighted by molar-refractivity contribution is -0.121. The lowest BCUT2D eigenvalue weighted by atomic mass is 10.2. The number of hydrogen-bond acceptors (Lipinski definition) is 6. The minimum Gasteiger partial charge on any atom is -0.495 e. The maximum atomic E-state index is 12.7. The molecule has 1 saturated heterocycles. The van der Waals surface area contributed by atoms with E-state index in [1.165, 1.54) is 23.8 Å². The molecule has 9 heteroatoms. The van der Waals surface area contributed by atoms with Crippen LogP contribution in [0.4, 0.5) is 5.69 Å². The van der Waals surface area contributed by atoms with Crippen molar-refractivity contribution in [2.45, 2.75) is 6.92 Å². The molecule has 1 amide bonds. The molecule has 1 heterocycles. The monoisotopic (exact) mass is 464 g/mol. The second kappa shape index (κ2) is 9.55. The third-order valence-electron chi connectivity index (χ3n) is 4.13. The Balaban J connectivity index is 1.88. The predicted octanol–water partition coefficient (Wildman–Crippen LogP) is 5.41. The van der Waals surface area contributed by atoms with Gasteiger partial charge in [-0.1, -0.05) is 23.2 Å². The van der Waals surface area contributed by atoms with E-state index in [-0.39, 0.29) is 5.91 Å². The van der Waals surface area contributed by atoms with Crippen molar-refractivity contribution in [3.8, 4) is 5.75 Å². The SMILES string of the molecule is CCOC(=O)c1ccc(N=C2SC(=Cc3cc(Cl)cc(Cl)c3OC)C(=O)N2C)cc1. The average molecular weight is 465 g/mol. The van der Waals surface area contributed by atoms with Gasteiger partial charge in [-0.3, -0.25) is 9.69 Å². The fourth-order valence-corrected chi connectivity index (χ4v) is 4.26. The maximum Gasteiger partial charge on any atom is 0.338 e. The predicted molar refractivity (Wildman–Crippen MR) is 121 cm³/mol. The Bertz CT molecular complexity index is 1050. The van der Waals surface area contributed by atoms with E-state index in [9.17, 15) is 9.59 Å². The molecule has 3 rings (SSSR count). The average Bonchev–Trinajstić information content (AvgIpc) is 2.96. The van der Waals surface area contributed by atoms with Crippen LogP contribution in [0.1, 0.15) is 22.8 Å². The molecule has 1 aliphatic rings. The van der Waals surface area contributed by atoms with Crippen LogP contribution >= 0.6 is 35.0 Å². The molecule has 1 aliphatic heterocycles. The van der Waals surface area contributed by atoms with Gasteiger partial charge in [0.1, 0.15) is 5.75 Å². The van der Waals surface area contributed by atoms with Gasteiger partial charge in [0.15, 0.2) is 5.17 Å². The molecule has 2 aromatic carbocycles. The van der Waals surface area contributed by atoms with Gasteiger partial charge in [-0.15, -0.1) is 0 Å². The van der Waals surface area contributed by atoms with Crippen molar-refractivity contribution in [3.05, 3.63) is 62.5 Å². The van der Waals surface area contributed by atoms with Gasteiger partial charge in [0.05, 0.1) is 34.9 Å². The lowest BCUT2D eigenvalue weighted by Crippen LogP contribution is -2.23. The molecule has 0 aliphatic carbocycles. The van der Waals surface area contributed by atoms with Crippen LogP contribution in [0, 0.1) is 0 Å². The van der Waals surface area contributed by atoms with Gasteiger partial charge in [0, 0.05) is 17.6 Å². The highest BCUT2D eigenvalue weighted by Gasteiger charge is 2.30. The number of carbonyl (C=O) groups excluding carboxylic acids is 2. The zero-order valence-electron chi connectivity index (χ0n) is 16.4. The molecule has 2 aromatic rings.